The van der Waals surface area contributed by atoms with Gasteiger partial charge in [-0.05, 0) is 40.3 Å². The van der Waals surface area contributed by atoms with Crippen molar-refractivity contribution in [3.05, 3.63) is 19.8 Å². The minimum absolute atomic E-state index is 0.395. The van der Waals surface area contributed by atoms with Crippen molar-refractivity contribution in [2.24, 2.45) is 5.41 Å². The molecule has 2 rings (SSSR count). The molecule has 1 atom stereocenters. The van der Waals surface area contributed by atoms with E-state index in [1.165, 1.54) is 37.0 Å². The van der Waals surface area contributed by atoms with Crippen LogP contribution in [0.15, 0.2) is 9.85 Å². The fraction of sp³-hybridized carbons (Fsp3) is 0.667. The summed E-state index contributed by atoms with van der Waals surface area (Å²) < 4.78 is 1.05. The summed E-state index contributed by atoms with van der Waals surface area (Å²) in [6.07, 6.45) is 6.74. The molecular weight excluding hydrogens is 371 g/mol. The topological polar surface area (TPSA) is 0 Å². The highest BCUT2D eigenvalue weighted by atomic mass is 79.9. The van der Waals surface area contributed by atoms with E-state index >= 15 is 0 Å². The first-order valence-electron chi connectivity index (χ1n) is 5.62. The normalized spacial score (nSPS) is 22.0. The van der Waals surface area contributed by atoms with Crippen LogP contribution in [-0.4, -0.2) is 0 Å². The molecule has 0 spiro atoms. The van der Waals surface area contributed by atoms with Crippen LogP contribution in [0.1, 0.15) is 48.7 Å². The highest BCUT2D eigenvalue weighted by molar-refractivity contribution is 9.11. The molecule has 1 saturated carbocycles. The van der Waals surface area contributed by atoms with Crippen molar-refractivity contribution in [3.63, 3.8) is 0 Å². The van der Waals surface area contributed by atoms with E-state index in [0.717, 1.165) is 8.81 Å². The smallest absolute Gasteiger partial charge is 0.0887 e. The van der Waals surface area contributed by atoms with Gasteiger partial charge < -0.3 is 0 Å². The molecule has 1 unspecified atom stereocenters. The average Bonchev–Trinajstić information content (AvgIpc) is 2.59. The standard InChI is InChI=1S/C12H15Br2ClS/c1-12(5-3-2-4-6-12)10(13)9-7-8(15)11(14)16-9/h7,10H,2-6H2,1H3. The molecule has 4 heteroatoms. The predicted octanol–water partition coefficient (Wildman–Crippen LogP) is 6.57. The number of thiophene rings is 1. The van der Waals surface area contributed by atoms with Gasteiger partial charge in [0.25, 0.3) is 0 Å². The first kappa shape index (κ1) is 13.4. The third-order valence-electron chi connectivity index (χ3n) is 3.52. The summed E-state index contributed by atoms with van der Waals surface area (Å²) in [7, 11) is 0. The molecule has 0 N–H and O–H groups in total. The van der Waals surface area contributed by atoms with Gasteiger partial charge in [-0.15, -0.1) is 11.3 Å². The van der Waals surface area contributed by atoms with Crippen LogP contribution in [0.4, 0.5) is 0 Å². The third kappa shape index (κ3) is 2.68. The van der Waals surface area contributed by atoms with Crippen molar-refractivity contribution in [1.82, 2.24) is 0 Å². The number of hydrogen-bond donors (Lipinski definition) is 0. The fourth-order valence-electron chi connectivity index (χ4n) is 2.44. The van der Waals surface area contributed by atoms with Gasteiger partial charge in [0.15, 0.2) is 0 Å². The van der Waals surface area contributed by atoms with Gasteiger partial charge in [-0.1, -0.05) is 53.7 Å². The predicted molar refractivity (Wildman–Crippen MR) is 79.9 cm³/mol. The molecule has 0 bridgehead atoms. The molecule has 0 radical (unpaired) electrons. The van der Waals surface area contributed by atoms with Crippen molar-refractivity contribution in [1.29, 1.82) is 0 Å². The van der Waals surface area contributed by atoms with Gasteiger partial charge in [0.1, 0.15) is 0 Å². The molecule has 0 aliphatic heterocycles. The summed E-state index contributed by atoms with van der Waals surface area (Å²) in [6, 6.07) is 2.09. The summed E-state index contributed by atoms with van der Waals surface area (Å²) in [5.74, 6) is 0. The molecule has 1 heterocycles. The van der Waals surface area contributed by atoms with Crippen LogP contribution >= 0.6 is 54.8 Å². The lowest BCUT2D eigenvalue weighted by atomic mass is 9.73. The molecule has 0 nitrogen and oxygen atoms in total. The Hall–Kier alpha value is 0.950. The van der Waals surface area contributed by atoms with E-state index in [0.29, 0.717) is 10.2 Å². The zero-order chi connectivity index (χ0) is 11.8. The Bertz CT molecular complexity index is 350. The summed E-state index contributed by atoms with van der Waals surface area (Å²) in [6.45, 7) is 2.40. The van der Waals surface area contributed by atoms with Crippen LogP contribution in [0, 0.1) is 5.41 Å². The second-order valence-electron chi connectivity index (χ2n) is 4.85. The van der Waals surface area contributed by atoms with E-state index in [4.69, 9.17) is 11.6 Å². The first-order valence-corrected chi connectivity index (χ1v) is 8.52. The molecule has 1 fully saturated rings. The first-order chi connectivity index (χ1) is 7.53. The van der Waals surface area contributed by atoms with Crippen LogP contribution in [0.25, 0.3) is 0 Å². The van der Waals surface area contributed by atoms with Crippen LogP contribution in [0.2, 0.25) is 5.02 Å². The Morgan fingerprint density at radius 2 is 2.00 bits per heavy atom. The SMILES string of the molecule is CC1(C(Br)c2cc(Cl)c(Br)s2)CCCCC1. The number of halogens is 3. The number of rotatable bonds is 2. The van der Waals surface area contributed by atoms with Crippen LogP contribution < -0.4 is 0 Å². The monoisotopic (exact) mass is 384 g/mol. The molecule has 0 amide bonds. The van der Waals surface area contributed by atoms with Crippen molar-refractivity contribution < 1.29 is 0 Å². The summed E-state index contributed by atoms with van der Waals surface area (Å²) in [5, 5.41) is 0.837. The summed E-state index contributed by atoms with van der Waals surface area (Å²) >= 11 is 15.2. The van der Waals surface area contributed by atoms with E-state index in [1.807, 2.05) is 0 Å². The molecule has 16 heavy (non-hydrogen) atoms. The fourth-order valence-corrected chi connectivity index (χ4v) is 5.22. The van der Waals surface area contributed by atoms with Crippen molar-refractivity contribution in [3.8, 4) is 0 Å². The maximum absolute atomic E-state index is 6.10. The maximum Gasteiger partial charge on any atom is 0.0887 e. The van der Waals surface area contributed by atoms with E-state index < -0.39 is 0 Å². The van der Waals surface area contributed by atoms with Crippen LogP contribution in [0.5, 0.6) is 0 Å². The lowest BCUT2D eigenvalue weighted by Crippen LogP contribution is -2.24. The maximum atomic E-state index is 6.10. The number of alkyl halides is 1. The van der Waals surface area contributed by atoms with Gasteiger partial charge in [0, 0.05) is 4.88 Å². The van der Waals surface area contributed by atoms with Crippen molar-refractivity contribution >= 4 is 54.8 Å². The molecule has 1 aromatic rings. The van der Waals surface area contributed by atoms with Crippen molar-refractivity contribution in [2.75, 3.05) is 0 Å². The molecule has 1 aliphatic rings. The van der Waals surface area contributed by atoms with E-state index in [2.05, 4.69) is 44.8 Å². The van der Waals surface area contributed by atoms with Gasteiger partial charge in [-0.2, -0.15) is 0 Å². The Labute approximate surface area is 123 Å². The number of hydrogen-bond acceptors (Lipinski definition) is 1. The second kappa shape index (κ2) is 5.29. The van der Waals surface area contributed by atoms with Crippen LogP contribution in [0.3, 0.4) is 0 Å². The van der Waals surface area contributed by atoms with Crippen molar-refractivity contribution in [2.45, 2.75) is 43.9 Å². The third-order valence-corrected chi connectivity index (χ3v) is 7.96. The Balaban J connectivity index is 2.20. The van der Waals surface area contributed by atoms with E-state index in [9.17, 15) is 0 Å². The molecule has 1 aromatic heterocycles. The molecule has 1 aliphatic carbocycles. The molecular formula is C12H15Br2ClS. The second-order valence-corrected chi connectivity index (χ2v) is 8.57. The van der Waals surface area contributed by atoms with Gasteiger partial charge in [0.05, 0.1) is 13.6 Å². The Morgan fingerprint density at radius 1 is 1.38 bits per heavy atom. The van der Waals surface area contributed by atoms with Crippen LogP contribution in [-0.2, 0) is 0 Å². The zero-order valence-corrected chi connectivity index (χ0v) is 14.0. The largest absolute Gasteiger partial charge is 0.130 e. The van der Waals surface area contributed by atoms with E-state index in [-0.39, 0.29) is 0 Å². The molecule has 90 valence electrons. The molecule has 0 aromatic carbocycles. The average molecular weight is 387 g/mol. The highest BCUT2D eigenvalue weighted by Gasteiger charge is 2.35. The summed E-state index contributed by atoms with van der Waals surface area (Å²) in [4.78, 5) is 1.79. The lowest BCUT2D eigenvalue weighted by Gasteiger charge is -2.37. The van der Waals surface area contributed by atoms with Gasteiger partial charge >= 0.3 is 0 Å². The quantitative estimate of drug-likeness (QED) is 0.504. The van der Waals surface area contributed by atoms with Gasteiger partial charge in [-0.25, -0.2) is 0 Å². The van der Waals surface area contributed by atoms with Gasteiger partial charge in [0.2, 0.25) is 0 Å². The Morgan fingerprint density at radius 3 is 2.50 bits per heavy atom. The highest BCUT2D eigenvalue weighted by Crippen LogP contribution is 2.52. The van der Waals surface area contributed by atoms with E-state index in [1.54, 1.807) is 11.3 Å². The zero-order valence-electron chi connectivity index (χ0n) is 9.23. The summed E-state index contributed by atoms with van der Waals surface area (Å²) in [5.41, 5.74) is 0.395. The minimum atomic E-state index is 0.395. The lowest BCUT2D eigenvalue weighted by molar-refractivity contribution is 0.214. The Kier molecular flexibility index (Phi) is 4.43. The minimum Gasteiger partial charge on any atom is -0.130 e. The van der Waals surface area contributed by atoms with Gasteiger partial charge in [-0.3, -0.25) is 0 Å². The molecule has 0 saturated heterocycles.